The Bertz CT molecular complexity index is 256. The molecule has 1 heterocycles. The zero-order chi connectivity index (χ0) is 13.5. The summed E-state index contributed by atoms with van der Waals surface area (Å²) in [5.74, 6) is -0.463. The van der Waals surface area contributed by atoms with Crippen molar-refractivity contribution in [2.75, 3.05) is 7.11 Å². The van der Waals surface area contributed by atoms with Gasteiger partial charge in [0.1, 0.15) is 0 Å². The Morgan fingerprint density at radius 1 is 1.50 bits per heavy atom. The molecule has 0 spiro atoms. The van der Waals surface area contributed by atoms with Gasteiger partial charge in [-0.2, -0.15) is 0 Å². The third-order valence-electron chi connectivity index (χ3n) is 3.38. The summed E-state index contributed by atoms with van der Waals surface area (Å²) in [5.41, 5.74) is 0. The minimum atomic E-state index is -0.900. The first-order valence-electron chi connectivity index (χ1n) is 6.66. The van der Waals surface area contributed by atoms with Crippen molar-refractivity contribution in [1.82, 2.24) is 0 Å². The highest BCUT2D eigenvalue weighted by Crippen LogP contribution is 2.27. The molecule has 18 heavy (non-hydrogen) atoms. The van der Waals surface area contributed by atoms with Crippen molar-refractivity contribution in [2.24, 2.45) is 0 Å². The van der Waals surface area contributed by atoms with Crippen molar-refractivity contribution >= 4 is 5.97 Å². The lowest BCUT2D eigenvalue weighted by Gasteiger charge is -2.18. The smallest absolute Gasteiger partial charge is 0.308 e. The molecular formula is C13H24O5. The molecular weight excluding hydrogens is 236 g/mol. The summed E-state index contributed by atoms with van der Waals surface area (Å²) in [7, 11) is 1.28. The van der Waals surface area contributed by atoms with Crippen LogP contribution in [0.1, 0.15) is 45.4 Å². The number of carbonyl (C=O) groups excluding carboxylic acids is 1. The number of carbonyl (C=O) groups is 1. The van der Waals surface area contributed by atoms with Gasteiger partial charge in [0.15, 0.2) is 0 Å². The molecule has 1 aliphatic rings. The zero-order valence-electron chi connectivity index (χ0n) is 11.2. The SMILES string of the molecule is CCCCC[C@@H]1O[C@H](C(O)CC(=O)OC)C[C@@H]1O. The van der Waals surface area contributed by atoms with Crippen LogP contribution >= 0.6 is 0 Å². The van der Waals surface area contributed by atoms with Crippen LogP contribution < -0.4 is 0 Å². The van der Waals surface area contributed by atoms with Gasteiger partial charge in [0.05, 0.1) is 37.9 Å². The predicted octanol–water partition coefficient (Wildman–Crippen LogP) is 1.01. The third-order valence-corrected chi connectivity index (χ3v) is 3.38. The second kappa shape index (κ2) is 7.71. The summed E-state index contributed by atoms with van der Waals surface area (Å²) in [4.78, 5) is 11.1. The maximum atomic E-state index is 11.1. The summed E-state index contributed by atoms with van der Waals surface area (Å²) in [6.07, 6.45) is 2.22. The van der Waals surface area contributed by atoms with E-state index in [0.29, 0.717) is 6.42 Å². The van der Waals surface area contributed by atoms with Crippen LogP contribution in [0, 0.1) is 0 Å². The molecule has 0 aromatic carbocycles. The van der Waals surface area contributed by atoms with Crippen LogP contribution in [0.4, 0.5) is 0 Å². The van der Waals surface area contributed by atoms with Gasteiger partial charge in [0, 0.05) is 6.42 Å². The molecule has 4 atom stereocenters. The monoisotopic (exact) mass is 260 g/mol. The molecule has 0 saturated carbocycles. The minimum absolute atomic E-state index is 0.0877. The predicted molar refractivity (Wildman–Crippen MR) is 66.1 cm³/mol. The second-order valence-corrected chi connectivity index (χ2v) is 4.86. The fraction of sp³-hybridized carbons (Fsp3) is 0.923. The number of aliphatic hydroxyl groups is 2. The number of hydrogen-bond donors (Lipinski definition) is 2. The Hall–Kier alpha value is -0.650. The Kier molecular flexibility index (Phi) is 6.60. The van der Waals surface area contributed by atoms with E-state index in [2.05, 4.69) is 11.7 Å². The Morgan fingerprint density at radius 2 is 2.22 bits per heavy atom. The van der Waals surface area contributed by atoms with Crippen LogP contribution in [0.25, 0.3) is 0 Å². The van der Waals surface area contributed by atoms with E-state index in [4.69, 9.17) is 4.74 Å². The fourth-order valence-electron chi connectivity index (χ4n) is 2.25. The highest BCUT2D eigenvalue weighted by Gasteiger charge is 2.37. The van der Waals surface area contributed by atoms with E-state index in [0.717, 1.165) is 25.7 Å². The number of hydrogen-bond acceptors (Lipinski definition) is 5. The molecule has 1 fully saturated rings. The van der Waals surface area contributed by atoms with E-state index >= 15 is 0 Å². The van der Waals surface area contributed by atoms with Gasteiger partial charge in [-0.05, 0) is 6.42 Å². The van der Waals surface area contributed by atoms with Crippen LogP contribution in [0.2, 0.25) is 0 Å². The van der Waals surface area contributed by atoms with Crippen LogP contribution in [-0.4, -0.2) is 47.7 Å². The number of esters is 1. The lowest BCUT2D eigenvalue weighted by molar-refractivity contribution is -0.145. The first-order chi connectivity index (χ1) is 8.58. The molecule has 1 saturated heterocycles. The highest BCUT2D eigenvalue weighted by atomic mass is 16.5. The van der Waals surface area contributed by atoms with Gasteiger partial charge in [-0.1, -0.05) is 26.2 Å². The van der Waals surface area contributed by atoms with Crippen molar-refractivity contribution in [2.45, 2.75) is 69.9 Å². The molecule has 2 N–H and O–H groups in total. The Labute approximate surface area is 108 Å². The highest BCUT2D eigenvalue weighted by molar-refractivity contribution is 5.69. The van der Waals surface area contributed by atoms with Crippen LogP contribution in [0.5, 0.6) is 0 Å². The van der Waals surface area contributed by atoms with Crippen molar-refractivity contribution in [3.63, 3.8) is 0 Å². The molecule has 106 valence electrons. The first-order valence-corrected chi connectivity index (χ1v) is 6.66. The summed E-state index contributed by atoms with van der Waals surface area (Å²) in [5, 5.41) is 19.7. The lowest BCUT2D eigenvalue weighted by Crippen LogP contribution is -2.29. The van der Waals surface area contributed by atoms with Crippen molar-refractivity contribution in [1.29, 1.82) is 0 Å². The molecule has 5 heteroatoms. The van der Waals surface area contributed by atoms with E-state index in [-0.39, 0.29) is 12.5 Å². The number of ether oxygens (including phenoxy) is 2. The average Bonchev–Trinajstić information content (AvgIpc) is 2.71. The van der Waals surface area contributed by atoms with E-state index in [1.54, 1.807) is 0 Å². The summed E-state index contributed by atoms with van der Waals surface area (Å²) < 4.78 is 10.1. The fourth-order valence-corrected chi connectivity index (χ4v) is 2.25. The van der Waals surface area contributed by atoms with E-state index in [1.165, 1.54) is 7.11 Å². The average molecular weight is 260 g/mol. The summed E-state index contributed by atoms with van der Waals surface area (Å²) in [6.45, 7) is 2.12. The molecule has 0 aromatic heterocycles. The molecule has 0 amide bonds. The number of aliphatic hydroxyl groups excluding tert-OH is 2. The van der Waals surface area contributed by atoms with Gasteiger partial charge in [-0.25, -0.2) is 0 Å². The van der Waals surface area contributed by atoms with Gasteiger partial charge in [-0.15, -0.1) is 0 Å². The molecule has 0 bridgehead atoms. The summed E-state index contributed by atoms with van der Waals surface area (Å²) >= 11 is 0. The topological polar surface area (TPSA) is 76.0 Å². The van der Waals surface area contributed by atoms with Gasteiger partial charge in [0.25, 0.3) is 0 Å². The van der Waals surface area contributed by atoms with Crippen molar-refractivity contribution < 1.29 is 24.5 Å². The van der Waals surface area contributed by atoms with Crippen LogP contribution in [0.15, 0.2) is 0 Å². The molecule has 0 aromatic rings. The maximum absolute atomic E-state index is 11.1. The normalized spacial score (nSPS) is 29.2. The maximum Gasteiger partial charge on any atom is 0.308 e. The van der Waals surface area contributed by atoms with Crippen LogP contribution in [-0.2, 0) is 14.3 Å². The molecule has 0 aliphatic carbocycles. The molecule has 0 radical (unpaired) electrons. The number of unbranched alkanes of at least 4 members (excludes halogenated alkanes) is 2. The van der Waals surface area contributed by atoms with Gasteiger partial charge < -0.3 is 19.7 Å². The van der Waals surface area contributed by atoms with Gasteiger partial charge >= 0.3 is 5.97 Å². The first kappa shape index (κ1) is 15.4. The molecule has 1 unspecified atom stereocenters. The Balaban J connectivity index is 2.35. The van der Waals surface area contributed by atoms with Crippen LogP contribution in [0.3, 0.4) is 0 Å². The van der Waals surface area contributed by atoms with Crippen molar-refractivity contribution in [3.05, 3.63) is 0 Å². The third kappa shape index (κ3) is 4.55. The lowest BCUT2D eigenvalue weighted by atomic mass is 10.0. The minimum Gasteiger partial charge on any atom is -0.469 e. The Morgan fingerprint density at radius 3 is 2.83 bits per heavy atom. The summed E-state index contributed by atoms with van der Waals surface area (Å²) in [6, 6.07) is 0. The van der Waals surface area contributed by atoms with Gasteiger partial charge in [0.2, 0.25) is 0 Å². The zero-order valence-corrected chi connectivity index (χ0v) is 11.2. The number of methoxy groups -OCH3 is 1. The molecule has 1 aliphatic heterocycles. The van der Waals surface area contributed by atoms with E-state index in [9.17, 15) is 15.0 Å². The molecule has 1 rings (SSSR count). The second-order valence-electron chi connectivity index (χ2n) is 4.86. The standard InChI is InChI=1S/C13H24O5/c1-3-4-5-6-11-9(14)7-12(18-11)10(15)8-13(16)17-2/h9-12,14-15H,3-8H2,1-2H3/t9-,10?,11-,12-/m0/s1. The number of rotatable bonds is 7. The van der Waals surface area contributed by atoms with Crippen molar-refractivity contribution in [3.8, 4) is 0 Å². The largest absolute Gasteiger partial charge is 0.469 e. The van der Waals surface area contributed by atoms with E-state index < -0.39 is 24.3 Å². The van der Waals surface area contributed by atoms with E-state index in [1.807, 2.05) is 0 Å². The van der Waals surface area contributed by atoms with Gasteiger partial charge in [-0.3, -0.25) is 4.79 Å². The quantitative estimate of drug-likeness (QED) is 0.528. The molecule has 5 nitrogen and oxygen atoms in total.